The molecule has 1 aromatic rings. The quantitative estimate of drug-likeness (QED) is 0.660. The molecule has 1 saturated heterocycles. The van der Waals surface area contributed by atoms with Gasteiger partial charge in [0.2, 0.25) is 0 Å². The Balaban J connectivity index is 0.00000156. The molecule has 3 nitrogen and oxygen atoms in total. The molecule has 0 spiro atoms. The molecule has 25 heavy (non-hydrogen) atoms. The highest BCUT2D eigenvalue weighted by Crippen LogP contribution is 2.45. The average molecular weight is 430 g/mol. The molecule has 0 radical (unpaired) electrons. The average Bonchev–Trinajstić information content (AvgIpc) is 2.53. The molecule has 3 rings (SSSR count). The zero-order chi connectivity index (χ0) is 16.3. The third-order valence-corrected chi connectivity index (χ3v) is 6.06. The summed E-state index contributed by atoms with van der Waals surface area (Å²) in [4.78, 5) is 4.96. The van der Waals surface area contributed by atoms with Gasteiger partial charge in [0.05, 0.1) is 23.3 Å². The highest BCUT2D eigenvalue weighted by molar-refractivity contribution is 6.42. The summed E-state index contributed by atoms with van der Waals surface area (Å²) in [5, 5.41) is 1.32. The largest absolute Gasteiger partial charge is 0.379 e. The van der Waals surface area contributed by atoms with E-state index in [1.165, 1.54) is 24.8 Å². The Morgan fingerprint density at radius 3 is 2.36 bits per heavy atom. The standard InChI is InChI=1S/C18H26Cl2N2O.2ClH/c1-21(7-8-22-9-11-23-12-10-22)14-18(5-2-6-18)15-3-4-16(19)17(20)13-15;;/h3-4,13H,2,5-12,14H2,1H3;2*1H. The number of ether oxygens (including phenoxy) is 1. The zero-order valence-corrected chi connectivity index (χ0v) is 17.8. The van der Waals surface area contributed by atoms with Crippen LogP contribution in [0.25, 0.3) is 0 Å². The van der Waals surface area contributed by atoms with Crippen molar-refractivity contribution in [2.45, 2.75) is 24.7 Å². The first kappa shape index (κ1) is 23.3. The van der Waals surface area contributed by atoms with Crippen molar-refractivity contribution in [3.8, 4) is 0 Å². The van der Waals surface area contributed by atoms with Crippen molar-refractivity contribution in [3.05, 3.63) is 33.8 Å². The summed E-state index contributed by atoms with van der Waals surface area (Å²) < 4.78 is 5.41. The molecular weight excluding hydrogens is 402 g/mol. The van der Waals surface area contributed by atoms with Gasteiger partial charge in [0.15, 0.2) is 0 Å². The normalized spacial score (nSPS) is 19.7. The van der Waals surface area contributed by atoms with Crippen molar-refractivity contribution in [1.29, 1.82) is 0 Å². The van der Waals surface area contributed by atoms with E-state index in [0.29, 0.717) is 10.0 Å². The lowest BCUT2D eigenvalue weighted by atomic mass is 9.64. The molecule has 144 valence electrons. The van der Waals surface area contributed by atoms with Gasteiger partial charge in [0, 0.05) is 38.1 Å². The maximum atomic E-state index is 6.24. The molecule has 0 bridgehead atoms. The van der Waals surface area contributed by atoms with Crippen LogP contribution < -0.4 is 0 Å². The first-order valence-corrected chi connectivity index (χ1v) is 9.29. The van der Waals surface area contributed by atoms with Crippen LogP contribution in [0.15, 0.2) is 18.2 Å². The Hall–Kier alpha value is 0.260. The van der Waals surface area contributed by atoms with Crippen LogP contribution in [0.2, 0.25) is 10.0 Å². The molecule has 0 aromatic heterocycles. The molecule has 0 amide bonds. The van der Waals surface area contributed by atoms with Gasteiger partial charge in [0.1, 0.15) is 0 Å². The van der Waals surface area contributed by atoms with E-state index in [0.717, 1.165) is 45.9 Å². The summed E-state index contributed by atoms with van der Waals surface area (Å²) in [7, 11) is 2.23. The second-order valence-corrected chi connectivity index (χ2v) is 7.77. The fourth-order valence-corrected chi connectivity index (χ4v) is 4.00. The number of likely N-dealkylation sites (N-methyl/N-ethyl adjacent to an activating group) is 1. The maximum absolute atomic E-state index is 6.24. The van der Waals surface area contributed by atoms with Crippen LogP contribution in [0.3, 0.4) is 0 Å². The molecular formula is C18H28Cl4N2O. The van der Waals surface area contributed by atoms with Gasteiger partial charge >= 0.3 is 0 Å². The molecule has 2 aliphatic rings. The lowest BCUT2D eigenvalue weighted by Gasteiger charge is -2.45. The fourth-order valence-electron chi connectivity index (χ4n) is 3.70. The molecule has 1 aliphatic heterocycles. The molecule has 1 heterocycles. The van der Waals surface area contributed by atoms with E-state index < -0.39 is 0 Å². The van der Waals surface area contributed by atoms with Crippen LogP contribution >= 0.6 is 48.0 Å². The second-order valence-electron chi connectivity index (χ2n) is 6.95. The maximum Gasteiger partial charge on any atom is 0.0595 e. The summed E-state index contributed by atoms with van der Waals surface area (Å²) in [5.74, 6) is 0. The molecule has 7 heteroatoms. The van der Waals surface area contributed by atoms with Crippen molar-refractivity contribution in [2.24, 2.45) is 0 Å². The predicted molar refractivity (Wildman–Crippen MR) is 111 cm³/mol. The van der Waals surface area contributed by atoms with E-state index in [1.807, 2.05) is 6.07 Å². The van der Waals surface area contributed by atoms with Gasteiger partial charge in [-0.25, -0.2) is 0 Å². The molecule has 2 fully saturated rings. The monoisotopic (exact) mass is 428 g/mol. The van der Waals surface area contributed by atoms with Crippen molar-refractivity contribution in [3.63, 3.8) is 0 Å². The summed E-state index contributed by atoms with van der Waals surface area (Å²) >= 11 is 12.3. The van der Waals surface area contributed by atoms with Gasteiger partial charge in [-0.15, -0.1) is 24.8 Å². The lowest BCUT2D eigenvalue weighted by Crippen LogP contribution is -2.47. The number of morpholine rings is 1. The minimum atomic E-state index is 0. The van der Waals surface area contributed by atoms with Crippen molar-refractivity contribution in [1.82, 2.24) is 9.80 Å². The fraction of sp³-hybridized carbons (Fsp3) is 0.667. The second kappa shape index (κ2) is 10.6. The minimum Gasteiger partial charge on any atom is -0.379 e. The number of halogens is 4. The third-order valence-electron chi connectivity index (χ3n) is 5.32. The van der Waals surface area contributed by atoms with Crippen LogP contribution in [-0.2, 0) is 10.2 Å². The third kappa shape index (κ3) is 5.87. The van der Waals surface area contributed by atoms with Gasteiger partial charge in [-0.2, -0.15) is 0 Å². The highest BCUT2D eigenvalue weighted by atomic mass is 35.5. The molecule has 0 unspecified atom stereocenters. The number of rotatable bonds is 6. The molecule has 1 saturated carbocycles. The Labute approximate surface area is 173 Å². The zero-order valence-electron chi connectivity index (χ0n) is 14.7. The summed E-state index contributed by atoms with van der Waals surface area (Å²) in [6.07, 6.45) is 3.79. The Kier molecular flexibility index (Phi) is 9.84. The van der Waals surface area contributed by atoms with E-state index in [9.17, 15) is 0 Å². The summed E-state index contributed by atoms with van der Waals surface area (Å²) in [6, 6.07) is 6.16. The van der Waals surface area contributed by atoms with Crippen molar-refractivity contribution < 1.29 is 4.74 Å². The van der Waals surface area contributed by atoms with Crippen LogP contribution in [0, 0.1) is 0 Å². The van der Waals surface area contributed by atoms with E-state index in [4.69, 9.17) is 27.9 Å². The smallest absolute Gasteiger partial charge is 0.0595 e. The van der Waals surface area contributed by atoms with Gasteiger partial charge < -0.3 is 9.64 Å². The minimum absolute atomic E-state index is 0. The number of nitrogens with zero attached hydrogens (tertiary/aromatic N) is 2. The first-order chi connectivity index (χ1) is 11.1. The molecule has 0 atom stereocenters. The molecule has 1 aliphatic carbocycles. The SMILES string of the molecule is CN(CCN1CCOCC1)CC1(c2ccc(Cl)c(Cl)c2)CCC1.Cl.Cl. The lowest BCUT2D eigenvalue weighted by molar-refractivity contribution is 0.0324. The van der Waals surface area contributed by atoms with E-state index in [2.05, 4.69) is 29.0 Å². The Morgan fingerprint density at radius 2 is 1.80 bits per heavy atom. The summed E-state index contributed by atoms with van der Waals surface area (Å²) in [6.45, 7) is 7.18. The topological polar surface area (TPSA) is 15.7 Å². The van der Waals surface area contributed by atoms with Crippen LogP contribution in [0.1, 0.15) is 24.8 Å². The van der Waals surface area contributed by atoms with Gasteiger partial charge in [0.25, 0.3) is 0 Å². The van der Waals surface area contributed by atoms with Crippen LogP contribution in [0.4, 0.5) is 0 Å². The van der Waals surface area contributed by atoms with E-state index in [1.54, 1.807) is 0 Å². The Morgan fingerprint density at radius 1 is 1.12 bits per heavy atom. The molecule has 1 aromatic carbocycles. The number of hydrogen-bond donors (Lipinski definition) is 0. The summed E-state index contributed by atoms with van der Waals surface area (Å²) in [5.41, 5.74) is 1.60. The number of hydrogen-bond acceptors (Lipinski definition) is 3. The number of benzene rings is 1. The Bertz CT molecular complexity index is 534. The van der Waals surface area contributed by atoms with E-state index >= 15 is 0 Å². The van der Waals surface area contributed by atoms with Crippen LogP contribution in [-0.4, -0.2) is 62.8 Å². The first-order valence-electron chi connectivity index (χ1n) is 8.53. The van der Waals surface area contributed by atoms with Crippen molar-refractivity contribution >= 4 is 48.0 Å². The van der Waals surface area contributed by atoms with Crippen LogP contribution in [0.5, 0.6) is 0 Å². The highest BCUT2D eigenvalue weighted by Gasteiger charge is 2.39. The van der Waals surface area contributed by atoms with E-state index in [-0.39, 0.29) is 30.2 Å². The van der Waals surface area contributed by atoms with Gasteiger partial charge in [-0.1, -0.05) is 35.7 Å². The van der Waals surface area contributed by atoms with Crippen molar-refractivity contribution in [2.75, 3.05) is 53.0 Å². The van der Waals surface area contributed by atoms with Gasteiger partial charge in [-0.05, 0) is 37.6 Å². The van der Waals surface area contributed by atoms with Gasteiger partial charge in [-0.3, -0.25) is 4.90 Å². The molecule has 0 N–H and O–H groups in total. The predicted octanol–water partition coefficient (Wildman–Crippen LogP) is 4.52.